The van der Waals surface area contributed by atoms with Crippen LogP contribution in [0.2, 0.25) is 0 Å². The molecule has 1 saturated heterocycles. The largest absolute Gasteiger partial charge is 0.377 e. The molecule has 0 aliphatic carbocycles. The Labute approximate surface area is 55.0 Å². The van der Waals surface area contributed by atoms with E-state index in [2.05, 4.69) is 6.92 Å². The third kappa shape index (κ3) is 1.36. The van der Waals surface area contributed by atoms with Crippen molar-refractivity contribution in [1.29, 1.82) is 0 Å². The fraction of sp³-hybridized carbons (Fsp3) is 1.00. The molecule has 0 amide bonds. The van der Waals surface area contributed by atoms with Gasteiger partial charge in [-0.15, -0.1) is 11.6 Å². The Hall–Kier alpha value is 0.250. The molecule has 1 aliphatic heterocycles. The van der Waals surface area contributed by atoms with Gasteiger partial charge in [0.2, 0.25) is 0 Å². The molecule has 48 valence electrons. The minimum atomic E-state index is 0.278. The van der Waals surface area contributed by atoms with Crippen molar-refractivity contribution in [2.75, 3.05) is 6.61 Å². The molecule has 0 radical (unpaired) electrons. The van der Waals surface area contributed by atoms with E-state index in [4.69, 9.17) is 16.3 Å². The summed E-state index contributed by atoms with van der Waals surface area (Å²) in [5.74, 6) is 0. The lowest BCUT2D eigenvalue weighted by Gasteiger charge is -2.01. The van der Waals surface area contributed by atoms with Crippen molar-refractivity contribution in [3.05, 3.63) is 0 Å². The van der Waals surface area contributed by atoms with Crippen molar-refractivity contribution in [2.24, 2.45) is 0 Å². The van der Waals surface area contributed by atoms with Gasteiger partial charge in [-0.25, -0.2) is 0 Å². The molecule has 0 aromatic carbocycles. The van der Waals surface area contributed by atoms with Gasteiger partial charge < -0.3 is 4.74 Å². The molecule has 1 rings (SSSR count). The number of ether oxygens (including phenoxy) is 1. The zero-order valence-electron chi connectivity index (χ0n) is 5.06. The van der Waals surface area contributed by atoms with Crippen LogP contribution in [0, 0.1) is 0 Å². The van der Waals surface area contributed by atoms with Crippen molar-refractivity contribution in [3.8, 4) is 0 Å². The molecule has 0 N–H and O–H groups in total. The van der Waals surface area contributed by atoms with Gasteiger partial charge in [-0.2, -0.15) is 0 Å². The van der Waals surface area contributed by atoms with Gasteiger partial charge in [0.15, 0.2) is 0 Å². The molecule has 8 heavy (non-hydrogen) atoms. The highest BCUT2D eigenvalue weighted by Crippen LogP contribution is 2.19. The lowest BCUT2D eigenvalue weighted by Crippen LogP contribution is -2.01. The van der Waals surface area contributed by atoms with Crippen LogP contribution in [0.5, 0.6) is 0 Å². The van der Waals surface area contributed by atoms with Crippen molar-refractivity contribution in [3.63, 3.8) is 0 Å². The number of hydrogen-bond donors (Lipinski definition) is 0. The van der Waals surface area contributed by atoms with Crippen LogP contribution in [-0.4, -0.2) is 18.1 Å². The highest BCUT2D eigenvalue weighted by molar-refractivity contribution is 6.20. The van der Waals surface area contributed by atoms with Crippen molar-refractivity contribution >= 4 is 11.6 Å². The summed E-state index contributed by atoms with van der Waals surface area (Å²) in [6.45, 7) is 2.87. The monoisotopic (exact) mass is 134 g/mol. The fourth-order valence-electron chi connectivity index (χ4n) is 0.946. The lowest BCUT2D eigenvalue weighted by molar-refractivity contribution is 0.108. The zero-order chi connectivity index (χ0) is 5.98. The van der Waals surface area contributed by atoms with Gasteiger partial charge in [0.1, 0.15) is 0 Å². The maximum Gasteiger partial charge on any atom is 0.0634 e. The average Bonchev–Trinajstić information content (AvgIpc) is 2.14. The molecule has 0 saturated carbocycles. The van der Waals surface area contributed by atoms with Crippen LogP contribution < -0.4 is 0 Å². The normalized spacial score (nSPS) is 38.2. The zero-order valence-corrected chi connectivity index (χ0v) is 5.82. The fourth-order valence-corrected chi connectivity index (χ4v) is 1.22. The Morgan fingerprint density at radius 2 is 2.50 bits per heavy atom. The summed E-state index contributed by atoms with van der Waals surface area (Å²) in [5.41, 5.74) is 0. The Kier molecular flexibility index (Phi) is 2.15. The van der Waals surface area contributed by atoms with E-state index in [9.17, 15) is 0 Å². The minimum absolute atomic E-state index is 0.278. The van der Waals surface area contributed by atoms with Crippen molar-refractivity contribution < 1.29 is 4.74 Å². The summed E-state index contributed by atoms with van der Waals surface area (Å²) in [4.78, 5) is 0. The maximum atomic E-state index is 5.76. The van der Waals surface area contributed by atoms with Crippen LogP contribution in [-0.2, 0) is 4.74 Å². The van der Waals surface area contributed by atoms with Crippen molar-refractivity contribution in [1.82, 2.24) is 0 Å². The first-order valence-electron chi connectivity index (χ1n) is 3.08. The van der Waals surface area contributed by atoms with E-state index in [0.717, 1.165) is 19.4 Å². The predicted molar refractivity (Wildman–Crippen MR) is 34.3 cm³/mol. The first kappa shape index (κ1) is 6.37. The quantitative estimate of drug-likeness (QED) is 0.497. The van der Waals surface area contributed by atoms with Gasteiger partial charge in [0.25, 0.3) is 0 Å². The molecule has 0 spiro atoms. The van der Waals surface area contributed by atoms with Gasteiger partial charge in [-0.1, -0.05) is 6.92 Å². The van der Waals surface area contributed by atoms with E-state index in [-0.39, 0.29) is 5.38 Å². The minimum Gasteiger partial charge on any atom is -0.377 e. The summed E-state index contributed by atoms with van der Waals surface area (Å²) in [5, 5.41) is 0.278. The molecule has 1 aliphatic rings. The smallest absolute Gasteiger partial charge is 0.0634 e. The van der Waals surface area contributed by atoms with E-state index in [1.54, 1.807) is 0 Å². The van der Waals surface area contributed by atoms with E-state index in [1.165, 1.54) is 0 Å². The second kappa shape index (κ2) is 2.70. The molecule has 0 aromatic heterocycles. The highest BCUT2D eigenvalue weighted by Gasteiger charge is 2.21. The van der Waals surface area contributed by atoms with Gasteiger partial charge in [-0.05, 0) is 12.8 Å². The Bertz CT molecular complexity index is 74.9. The van der Waals surface area contributed by atoms with Crippen molar-refractivity contribution in [2.45, 2.75) is 31.2 Å². The average molecular weight is 135 g/mol. The Morgan fingerprint density at radius 1 is 1.75 bits per heavy atom. The van der Waals surface area contributed by atoms with Crippen LogP contribution in [0.1, 0.15) is 19.8 Å². The van der Waals surface area contributed by atoms with Gasteiger partial charge in [0, 0.05) is 0 Å². The molecular weight excluding hydrogens is 124 g/mol. The summed E-state index contributed by atoms with van der Waals surface area (Å²) >= 11 is 5.76. The second-order valence-corrected chi connectivity index (χ2v) is 2.81. The van der Waals surface area contributed by atoms with E-state index >= 15 is 0 Å². The topological polar surface area (TPSA) is 9.23 Å². The SMILES string of the molecule is CCC1CC(Cl)CO1. The van der Waals surface area contributed by atoms with Crippen LogP contribution in [0.15, 0.2) is 0 Å². The molecule has 0 bridgehead atoms. The van der Waals surface area contributed by atoms with Crippen LogP contribution in [0.4, 0.5) is 0 Å². The number of halogens is 1. The second-order valence-electron chi connectivity index (χ2n) is 2.20. The first-order valence-corrected chi connectivity index (χ1v) is 3.52. The van der Waals surface area contributed by atoms with Crippen LogP contribution in [0.25, 0.3) is 0 Å². The van der Waals surface area contributed by atoms with Gasteiger partial charge >= 0.3 is 0 Å². The van der Waals surface area contributed by atoms with E-state index in [1.807, 2.05) is 0 Å². The third-order valence-corrected chi connectivity index (χ3v) is 1.79. The number of rotatable bonds is 1. The molecule has 1 heterocycles. The molecule has 0 aromatic rings. The molecule has 1 fully saturated rings. The third-order valence-electron chi connectivity index (χ3n) is 1.49. The molecular formula is C6H11ClO. The van der Waals surface area contributed by atoms with Crippen LogP contribution in [0.3, 0.4) is 0 Å². The molecule has 2 heteroatoms. The van der Waals surface area contributed by atoms with E-state index in [0.29, 0.717) is 6.10 Å². The number of hydrogen-bond acceptors (Lipinski definition) is 1. The predicted octanol–water partition coefficient (Wildman–Crippen LogP) is 1.79. The summed E-state index contributed by atoms with van der Waals surface area (Å²) in [6.07, 6.45) is 2.58. The Morgan fingerprint density at radius 3 is 2.75 bits per heavy atom. The highest BCUT2D eigenvalue weighted by atomic mass is 35.5. The lowest BCUT2D eigenvalue weighted by atomic mass is 10.2. The van der Waals surface area contributed by atoms with Crippen LogP contribution >= 0.6 is 11.6 Å². The molecule has 2 atom stereocenters. The van der Waals surface area contributed by atoms with Gasteiger partial charge in [-0.3, -0.25) is 0 Å². The van der Waals surface area contributed by atoms with E-state index < -0.39 is 0 Å². The standard InChI is InChI=1S/C6H11ClO/c1-2-6-3-5(7)4-8-6/h5-6H,2-4H2,1H3. The Balaban J connectivity index is 2.22. The summed E-state index contributed by atoms with van der Waals surface area (Å²) in [6, 6.07) is 0. The molecule has 1 nitrogen and oxygen atoms in total. The number of alkyl halides is 1. The summed E-state index contributed by atoms with van der Waals surface area (Å²) < 4.78 is 5.28. The maximum absolute atomic E-state index is 5.76. The van der Waals surface area contributed by atoms with Gasteiger partial charge in [0.05, 0.1) is 18.1 Å². The summed E-state index contributed by atoms with van der Waals surface area (Å²) in [7, 11) is 0. The first-order chi connectivity index (χ1) is 3.83. The molecule has 2 unspecified atom stereocenters.